The molecule has 21 heavy (non-hydrogen) atoms. The molecule has 1 N–H and O–H groups in total. The smallest absolute Gasteiger partial charge is 0.0889 e. The van der Waals surface area contributed by atoms with E-state index in [0.29, 0.717) is 0 Å². The van der Waals surface area contributed by atoms with Gasteiger partial charge in [0, 0.05) is 5.41 Å². The van der Waals surface area contributed by atoms with Crippen LogP contribution in [0.25, 0.3) is 0 Å². The van der Waals surface area contributed by atoms with Crippen molar-refractivity contribution in [3.8, 4) is 0 Å². The lowest BCUT2D eigenvalue weighted by molar-refractivity contribution is 0.0816. The summed E-state index contributed by atoms with van der Waals surface area (Å²) in [4.78, 5) is 0. The van der Waals surface area contributed by atoms with Gasteiger partial charge in [0.25, 0.3) is 0 Å². The molecule has 1 saturated carbocycles. The Morgan fingerprint density at radius 3 is 2.24 bits per heavy atom. The first-order valence-electron chi connectivity index (χ1n) is 7.95. The van der Waals surface area contributed by atoms with Gasteiger partial charge in [-0.25, -0.2) is 0 Å². The normalized spacial score (nSPS) is 18.6. The number of benzene rings is 2. The highest BCUT2D eigenvalue weighted by Gasteiger charge is 2.43. The van der Waals surface area contributed by atoms with Crippen molar-refractivity contribution < 1.29 is 5.11 Å². The molecule has 1 aliphatic carbocycles. The van der Waals surface area contributed by atoms with E-state index in [1.807, 2.05) is 0 Å². The van der Waals surface area contributed by atoms with Gasteiger partial charge in [-0.15, -0.1) is 0 Å². The van der Waals surface area contributed by atoms with Crippen molar-refractivity contribution in [1.29, 1.82) is 0 Å². The van der Waals surface area contributed by atoms with Crippen molar-refractivity contribution in [2.24, 2.45) is 0 Å². The van der Waals surface area contributed by atoms with E-state index < -0.39 is 6.10 Å². The predicted molar refractivity (Wildman–Crippen MR) is 87.5 cm³/mol. The number of aliphatic hydroxyl groups is 1. The van der Waals surface area contributed by atoms with Crippen LogP contribution in [0.3, 0.4) is 0 Å². The Bertz CT molecular complexity index is 609. The molecule has 1 unspecified atom stereocenters. The van der Waals surface area contributed by atoms with Crippen molar-refractivity contribution in [2.45, 2.75) is 51.0 Å². The summed E-state index contributed by atoms with van der Waals surface area (Å²) >= 11 is 0. The third-order valence-electron chi connectivity index (χ3n) is 5.31. The second-order valence-electron chi connectivity index (χ2n) is 6.42. The highest BCUT2D eigenvalue weighted by atomic mass is 16.3. The summed E-state index contributed by atoms with van der Waals surface area (Å²) in [6, 6.07) is 16.9. The van der Waals surface area contributed by atoms with Crippen LogP contribution in [0, 0.1) is 13.8 Å². The number of aliphatic hydroxyl groups excluding tert-OH is 1. The molecule has 1 atom stereocenters. The Balaban J connectivity index is 2.08. The van der Waals surface area contributed by atoms with Crippen LogP contribution in [0.15, 0.2) is 48.5 Å². The first-order chi connectivity index (χ1) is 10.1. The topological polar surface area (TPSA) is 20.2 Å². The van der Waals surface area contributed by atoms with Crippen molar-refractivity contribution in [1.82, 2.24) is 0 Å². The maximum atomic E-state index is 11.2. The molecule has 0 amide bonds. The zero-order valence-corrected chi connectivity index (χ0v) is 13.0. The van der Waals surface area contributed by atoms with Crippen LogP contribution >= 0.6 is 0 Å². The Kier molecular flexibility index (Phi) is 3.86. The fraction of sp³-hybridized carbons (Fsp3) is 0.400. The molecule has 0 aliphatic heterocycles. The Labute approximate surface area is 127 Å². The maximum absolute atomic E-state index is 11.2. The van der Waals surface area contributed by atoms with Gasteiger partial charge in [0.15, 0.2) is 0 Å². The van der Waals surface area contributed by atoms with Crippen molar-refractivity contribution in [3.63, 3.8) is 0 Å². The fourth-order valence-corrected chi connectivity index (χ4v) is 3.86. The van der Waals surface area contributed by atoms with Gasteiger partial charge in [0.1, 0.15) is 0 Å². The molecule has 1 aliphatic rings. The van der Waals surface area contributed by atoms with Crippen LogP contribution in [-0.2, 0) is 5.41 Å². The molecule has 0 spiro atoms. The van der Waals surface area contributed by atoms with Crippen LogP contribution in [0.1, 0.15) is 54.0 Å². The third kappa shape index (κ3) is 2.40. The SMILES string of the molecule is Cc1cccc(C(O)C2(c3ccccc3)CCCC2)c1C. The predicted octanol–water partition coefficient (Wildman–Crippen LogP) is 4.85. The minimum Gasteiger partial charge on any atom is -0.387 e. The molecule has 110 valence electrons. The van der Waals surface area contributed by atoms with Crippen LogP contribution in [-0.4, -0.2) is 5.11 Å². The molecule has 1 nitrogen and oxygen atoms in total. The van der Waals surface area contributed by atoms with Gasteiger partial charge < -0.3 is 5.11 Å². The molecular weight excluding hydrogens is 256 g/mol. The monoisotopic (exact) mass is 280 g/mol. The lowest BCUT2D eigenvalue weighted by Gasteiger charge is -2.36. The average molecular weight is 280 g/mol. The lowest BCUT2D eigenvalue weighted by atomic mass is 9.71. The van der Waals surface area contributed by atoms with E-state index in [1.54, 1.807) is 0 Å². The molecule has 3 rings (SSSR count). The van der Waals surface area contributed by atoms with Gasteiger partial charge in [-0.05, 0) is 48.9 Å². The van der Waals surface area contributed by atoms with Crippen LogP contribution in [0.4, 0.5) is 0 Å². The minimum atomic E-state index is -0.415. The summed E-state index contributed by atoms with van der Waals surface area (Å²) in [5, 5.41) is 11.2. The zero-order valence-electron chi connectivity index (χ0n) is 13.0. The van der Waals surface area contributed by atoms with E-state index in [-0.39, 0.29) is 5.41 Å². The molecule has 0 saturated heterocycles. The van der Waals surface area contributed by atoms with Gasteiger partial charge in [0.2, 0.25) is 0 Å². The Morgan fingerprint density at radius 1 is 0.905 bits per heavy atom. The van der Waals surface area contributed by atoms with E-state index >= 15 is 0 Å². The number of aryl methyl sites for hydroxylation is 1. The summed E-state index contributed by atoms with van der Waals surface area (Å²) in [7, 11) is 0. The fourth-order valence-electron chi connectivity index (χ4n) is 3.86. The number of rotatable bonds is 3. The molecule has 2 aromatic rings. The average Bonchev–Trinajstić information content (AvgIpc) is 3.01. The molecule has 2 aromatic carbocycles. The highest BCUT2D eigenvalue weighted by molar-refractivity contribution is 5.39. The molecule has 0 radical (unpaired) electrons. The summed E-state index contributed by atoms with van der Waals surface area (Å²) in [5.41, 5.74) is 4.76. The van der Waals surface area contributed by atoms with Crippen LogP contribution in [0.5, 0.6) is 0 Å². The van der Waals surface area contributed by atoms with E-state index in [1.165, 1.54) is 29.5 Å². The summed E-state index contributed by atoms with van der Waals surface area (Å²) < 4.78 is 0. The van der Waals surface area contributed by atoms with Gasteiger partial charge >= 0.3 is 0 Å². The molecular formula is C20H24O. The van der Waals surface area contributed by atoms with Crippen LogP contribution < -0.4 is 0 Å². The van der Waals surface area contributed by atoms with Gasteiger partial charge in [-0.1, -0.05) is 61.4 Å². The Morgan fingerprint density at radius 2 is 1.57 bits per heavy atom. The molecule has 0 bridgehead atoms. The van der Waals surface area contributed by atoms with Crippen molar-refractivity contribution in [2.75, 3.05) is 0 Å². The number of hydrogen-bond donors (Lipinski definition) is 1. The first-order valence-corrected chi connectivity index (χ1v) is 7.95. The van der Waals surface area contributed by atoms with Gasteiger partial charge in [-0.3, -0.25) is 0 Å². The second-order valence-corrected chi connectivity index (χ2v) is 6.42. The number of hydrogen-bond acceptors (Lipinski definition) is 1. The van der Waals surface area contributed by atoms with Crippen LogP contribution in [0.2, 0.25) is 0 Å². The maximum Gasteiger partial charge on any atom is 0.0889 e. The lowest BCUT2D eigenvalue weighted by Crippen LogP contribution is -2.31. The molecule has 1 fully saturated rings. The van der Waals surface area contributed by atoms with Crippen molar-refractivity contribution >= 4 is 0 Å². The van der Waals surface area contributed by atoms with Gasteiger partial charge in [-0.2, -0.15) is 0 Å². The molecule has 0 aromatic heterocycles. The van der Waals surface area contributed by atoms with Crippen molar-refractivity contribution in [3.05, 3.63) is 70.8 Å². The quantitative estimate of drug-likeness (QED) is 0.852. The Hall–Kier alpha value is -1.60. The van der Waals surface area contributed by atoms with Gasteiger partial charge in [0.05, 0.1) is 6.10 Å². The standard InChI is InChI=1S/C20H24O/c1-15-9-8-12-18(16(15)2)19(21)20(13-6-7-14-20)17-10-4-3-5-11-17/h3-5,8-12,19,21H,6-7,13-14H2,1-2H3. The second kappa shape index (κ2) is 5.65. The van der Waals surface area contributed by atoms with E-state index in [0.717, 1.165) is 18.4 Å². The largest absolute Gasteiger partial charge is 0.387 e. The summed E-state index contributed by atoms with van der Waals surface area (Å²) in [6.07, 6.45) is 4.15. The zero-order chi connectivity index (χ0) is 14.9. The summed E-state index contributed by atoms with van der Waals surface area (Å²) in [6.45, 7) is 4.25. The van der Waals surface area contributed by atoms with E-state index in [2.05, 4.69) is 62.4 Å². The molecule has 1 heteroatoms. The van der Waals surface area contributed by atoms with E-state index in [9.17, 15) is 5.11 Å². The molecule has 0 heterocycles. The highest BCUT2D eigenvalue weighted by Crippen LogP contribution is 2.50. The first kappa shape index (κ1) is 14.3. The summed E-state index contributed by atoms with van der Waals surface area (Å²) in [5.74, 6) is 0. The third-order valence-corrected chi connectivity index (χ3v) is 5.31. The van der Waals surface area contributed by atoms with E-state index in [4.69, 9.17) is 0 Å². The minimum absolute atomic E-state index is 0.111.